The van der Waals surface area contributed by atoms with Crippen LogP contribution >= 0.6 is 27.7 Å². The maximum Gasteiger partial charge on any atom is 0.209 e. The van der Waals surface area contributed by atoms with Crippen LogP contribution in [0.1, 0.15) is 21.7 Å². The number of aryl methyl sites for hydroxylation is 2. The molecule has 24 heavy (non-hydrogen) atoms. The molecule has 0 atom stereocenters. The smallest absolute Gasteiger partial charge is 0.209 e. The van der Waals surface area contributed by atoms with E-state index in [0.29, 0.717) is 10.9 Å². The van der Waals surface area contributed by atoms with Crippen LogP contribution in [0.4, 0.5) is 0 Å². The molecule has 0 saturated carbocycles. The number of halogens is 1. The van der Waals surface area contributed by atoms with Gasteiger partial charge in [-0.3, -0.25) is 4.79 Å². The first-order valence-corrected chi connectivity index (χ1v) is 9.08. The Balaban J connectivity index is 1.85. The highest BCUT2D eigenvalue weighted by Crippen LogP contribution is 2.25. The van der Waals surface area contributed by atoms with Crippen molar-refractivity contribution in [1.82, 2.24) is 24.8 Å². The number of aromatic nitrogens is 5. The standard InChI is InChI=1S/C16H16BrN5OS/c1-10-7-14(15(23)9-24-16-18-19-20-21(16)3)11(2)22(10)13-6-4-5-12(17)8-13/h4-8H,9H2,1-3H3. The lowest BCUT2D eigenvalue weighted by atomic mass is 10.2. The largest absolute Gasteiger partial charge is 0.318 e. The highest BCUT2D eigenvalue weighted by Gasteiger charge is 2.18. The molecule has 3 aromatic rings. The van der Waals surface area contributed by atoms with E-state index in [-0.39, 0.29) is 5.78 Å². The molecular weight excluding hydrogens is 390 g/mol. The Hall–Kier alpha value is -1.93. The first kappa shape index (κ1) is 16.9. The highest BCUT2D eigenvalue weighted by molar-refractivity contribution is 9.10. The number of Topliss-reactive ketones (excluding diaryl/α,β-unsaturated/α-hetero) is 1. The molecule has 3 rings (SSSR count). The van der Waals surface area contributed by atoms with E-state index in [1.54, 1.807) is 11.7 Å². The van der Waals surface area contributed by atoms with Crippen LogP contribution in [0.3, 0.4) is 0 Å². The second-order valence-electron chi connectivity index (χ2n) is 5.40. The predicted molar refractivity (Wildman–Crippen MR) is 96.8 cm³/mol. The number of rotatable bonds is 5. The van der Waals surface area contributed by atoms with Gasteiger partial charge in [0.25, 0.3) is 0 Å². The van der Waals surface area contributed by atoms with Gasteiger partial charge in [0.2, 0.25) is 5.16 Å². The van der Waals surface area contributed by atoms with Gasteiger partial charge in [-0.2, -0.15) is 0 Å². The van der Waals surface area contributed by atoms with E-state index in [9.17, 15) is 4.79 Å². The molecule has 0 spiro atoms. The van der Waals surface area contributed by atoms with Gasteiger partial charge in [0.1, 0.15) is 0 Å². The van der Waals surface area contributed by atoms with Crippen LogP contribution < -0.4 is 0 Å². The van der Waals surface area contributed by atoms with Gasteiger partial charge in [-0.25, -0.2) is 4.68 Å². The molecule has 0 N–H and O–H groups in total. The zero-order valence-electron chi connectivity index (χ0n) is 13.5. The maximum absolute atomic E-state index is 12.6. The fraction of sp³-hybridized carbons (Fsp3) is 0.250. The molecule has 1 aromatic carbocycles. The molecule has 2 aromatic heterocycles. The molecule has 124 valence electrons. The van der Waals surface area contributed by atoms with Gasteiger partial charge in [-0.05, 0) is 48.5 Å². The topological polar surface area (TPSA) is 65.6 Å². The molecule has 0 aliphatic carbocycles. The number of carbonyl (C=O) groups excluding carboxylic acids is 1. The van der Waals surface area contributed by atoms with Crippen molar-refractivity contribution < 1.29 is 4.79 Å². The minimum atomic E-state index is 0.0670. The number of benzene rings is 1. The average molecular weight is 406 g/mol. The van der Waals surface area contributed by atoms with Crippen LogP contribution in [0, 0.1) is 13.8 Å². The Morgan fingerprint density at radius 1 is 1.29 bits per heavy atom. The predicted octanol–water partition coefficient (Wildman–Crippen LogP) is 3.36. The molecule has 8 heteroatoms. The number of thioether (sulfide) groups is 1. The Morgan fingerprint density at radius 2 is 2.08 bits per heavy atom. The van der Waals surface area contributed by atoms with E-state index in [1.165, 1.54) is 11.8 Å². The monoisotopic (exact) mass is 405 g/mol. The van der Waals surface area contributed by atoms with Crippen molar-refractivity contribution in [2.24, 2.45) is 7.05 Å². The summed E-state index contributed by atoms with van der Waals surface area (Å²) in [6.45, 7) is 3.97. The van der Waals surface area contributed by atoms with E-state index >= 15 is 0 Å². The van der Waals surface area contributed by atoms with Crippen molar-refractivity contribution in [3.63, 3.8) is 0 Å². The van der Waals surface area contributed by atoms with Gasteiger partial charge in [0.05, 0.1) is 5.75 Å². The average Bonchev–Trinajstić information content (AvgIpc) is 3.08. The van der Waals surface area contributed by atoms with Crippen molar-refractivity contribution in [2.75, 3.05) is 5.75 Å². The summed E-state index contributed by atoms with van der Waals surface area (Å²) in [4.78, 5) is 12.6. The number of hydrogen-bond donors (Lipinski definition) is 0. The van der Waals surface area contributed by atoms with Crippen LogP contribution in [-0.2, 0) is 7.05 Å². The lowest BCUT2D eigenvalue weighted by Crippen LogP contribution is -2.06. The Kier molecular flexibility index (Phi) is 4.86. The van der Waals surface area contributed by atoms with Crippen molar-refractivity contribution in [3.8, 4) is 5.69 Å². The summed E-state index contributed by atoms with van der Waals surface area (Å²) in [6, 6.07) is 9.97. The first-order chi connectivity index (χ1) is 11.5. The fourth-order valence-corrected chi connectivity index (χ4v) is 3.73. The van der Waals surface area contributed by atoms with Gasteiger partial charge in [0.15, 0.2) is 5.78 Å². The van der Waals surface area contributed by atoms with Crippen molar-refractivity contribution in [1.29, 1.82) is 0 Å². The minimum absolute atomic E-state index is 0.0670. The lowest BCUT2D eigenvalue weighted by Gasteiger charge is -2.10. The van der Waals surface area contributed by atoms with Crippen molar-refractivity contribution >= 4 is 33.5 Å². The Morgan fingerprint density at radius 3 is 2.75 bits per heavy atom. The quantitative estimate of drug-likeness (QED) is 0.480. The third-order valence-electron chi connectivity index (χ3n) is 3.71. The van der Waals surface area contributed by atoms with E-state index < -0.39 is 0 Å². The summed E-state index contributed by atoms with van der Waals surface area (Å²) in [6.07, 6.45) is 0. The van der Waals surface area contributed by atoms with Crippen LogP contribution in [0.2, 0.25) is 0 Å². The van der Waals surface area contributed by atoms with Gasteiger partial charge in [0, 0.05) is 34.2 Å². The Labute approximate surface area is 152 Å². The normalized spacial score (nSPS) is 11.0. The molecule has 6 nitrogen and oxygen atoms in total. The molecule has 0 amide bonds. The number of hydrogen-bond acceptors (Lipinski definition) is 5. The molecule has 0 saturated heterocycles. The molecule has 0 fully saturated rings. The molecule has 0 radical (unpaired) electrons. The second kappa shape index (κ2) is 6.90. The van der Waals surface area contributed by atoms with Crippen molar-refractivity contribution in [3.05, 3.63) is 51.8 Å². The third-order valence-corrected chi connectivity index (χ3v) is 5.22. The molecule has 0 aliphatic rings. The minimum Gasteiger partial charge on any atom is -0.318 e. The van der Waals surface area contributed by atoms with E-state index in [1.807, 2.05) is 44.2 Å². The summed E-state index contributed by atoms with van der Waals surface area (Å²) in [5, 5.41) is 11.9. The van der Waals surface area contributed by atoms with Crippen LogP contribution in [-0.4, -0.2) is 36.3 Å². The molecule has 0 unspecified atom stereocenters. The molecule has 0 aliphatic heterocycles. The summed E-state index contributed by atoms with van der Waals surface area (Å²) >= 11 is 4.83. The van der Waals surface area contributed by atoms with E-state index in [0.717, 1.165) is 27.1 Å². The van der Waals surface area contributed by atoms with Gasteiger partial charge in [-0.1, -0.05) is 33.8 Å². The summed E-state index contributed by atoms with van der Waals surface area (Å²) in [5.74, 6) is 0.370. The van der Waals surface area contributed by atoms with Crippen molar-refractivity contribution in [2.45, 2.75) is 19.0 Å². The molecular formula is C16H16BrN5OS. The zero-order chi connectivity index (χ0) is 17.3. The number of nitrogens with zero attached hydrogens (tertiary/aromatic N) is 5. The SMILES string of the molecule is Cc1cc(C(=O)CSc2nnnn2C)c(C)n1-c1cccc(Br)c1. The molecule has 2 heterocycles. The molecule has 0 bridgehead atoms. The summed E-state index contributed by atoms with van der Waals surface area (Å²) in [7, 11) is 1.76. The van der Waals surface area contributed by atoms with Crippen LogP contribution in [0.15, 0.2) is 40.0 Å². The zero-order valence-corrected chi connectivity index (χ0v) is 15.9. The highest BCUT2D eigenvalue weighted by atomic mass is 79.9. The Bertz CT molecular complexity index is 902. The third kappa shape index (κ3) is 3.29. The fourth-order valence-electron chi connectivity index (χ4n) is 2.61. The van der Waals surface area contributed by atoms with Gasteiger partial charge >= 0.3 is 0 Å². The summed E-state index contributed by atoms with van der Waals surface area (Å²) in [5.41, 5.74) is 3.73. The second-order valence-corrected chi connectivity index (χ2v) is 7.26. The lowest BCUT2D eigenvalue weighted by molar-refractivity contribution is 0.102. The van der Waals surface area contributed by atoms with Crippen LogP contribution in [0.5, 0.6) is 0 Å². The number of tetrazole rings is 1. The van der Waals surface area contributed by atoms with Gasteiger partial charge < -0.3 is 4.57 Å². The van der Waals surface area contributed by atoms with E-state index in [4.69, 9.17) is 0 Å². The maximum atomic E-state index is 12.6. The summed E-state index contributed by atoms with van der Waals surface area (Å²) < 4.78 is 4.65. The van der Waals surface area contributed by atoms with E-state index in [2.05, 4.69) is 36.0 Å². The van der Waals surface area contributed by atoms with Gasteiger partial charge in [-0.15, -0.1) is 5.10 Å². The van der Waals surface area contributed by atoms with Crippen LogP contribution in [0.25, 0.3) is 5.69 Å². The number of carbonyl (C=O) groups is 1. The first-order valence-electron chi connectivity index (χ1n) is 7.30. The number of ketones is 1.